The van der Waals surface area contributed by atoms with Gasteiger partial charge < -0.3 is 10.1 Å². The Balaban J connectivity index is 1.93. The van der Waals surface area contributed by atoms with Gasteiger partial charge in [0.25, 0.3) is 5.91 Å². The predicted octanol–water partition coefficient (Wildman–Crippen LogP) is 4.10. The number of aryl methyl sites for hydroxylation is 1. The normalized spacial score (nSPS) is 10.1. The summed E-state index contributed by atoms with van der Waals surface area (Å²) in [4.78, 5) is 23.6. The number of hydrogen-bond donors (Lipinski definition) is 1. The van der Waals surface area contributed by atoms with Crippen LogP contribution in [0.4, 0.5) is 5.69 Å². The maximum absolute atomic E-state index is 11.9. The first kappa shape index (κ1) is 16.3. The number of benzene rings is 2. The average molecular weight is 338 g/mol. The molecule has 1 N–H and O–H groups in total. The van der Waals surface area contributed by atoms with Crippen LogP contribution in [-0.4, -0.2) is 18.5 Å². The molecule has 0 saturated heterocycles. The first-order valence-corrected chi connectivity index (χ1v) is 7.20. The standard InChI is InChI=1S/C16H13Cl2NO3/c1-10-4-2-3-5-14(10)19-15(20)9-22-16(21)11-6-12(17)8-13(18)7-11/h2-8H,9H2,1H3,(H,19,20). The molecule has 0 heterocycles. The molecule has 2 rings (SSSR count). The molecule has 0 radical (unpaired) electrons. The molecule has 2 aromatic carbocycles. The Morgan fingerprint density at radius 2 is 1.73 bits per heavy atom. The van der Waals surface area contributed by atoms with Gasteiger partial charge in [0.15, 0.2) is 6.61 Å². The van der Waals surface area contributed by atoms with Gasteiger partial charge in [-0.15, -0.1) is 0 Å². The second-order valence-electron chi connectivity index (χ2n) is 4.60. The van der Waals surface area contributed by atoms with Crippen molar-refractivity contribution >= 4 is 40.8 Å². The number of halogens is 2. The van der Waals surface area contributed by atoms with E-state index in [1.54, 1.807) is 6.07 Å². The third-order valence-electron chi connectivity index (χ3n) is 2.85. The zero-order chi connectivity index (χ0) is 16.1. The molecule has 0 aliphatic carbocycles. The third-order valence-corrected chi connectivity index (χ3v) is 3.29. The van der Waals surface area contributed by atoms with Crippen molar-refractivity contribution in [1.82, 2.24) is 0 Å². The molecule has 4 nitrogen and oxygen atoms in total. The van der Waals surface area contributed by atoms with Crippen molar-refractivity contribution in [1.29, 1.82) is 0 Å². The minimum absolute atomic E-state index is 0.196. The summed E-state index contributed by atoms with van der Waals surface area (Å²) in [5.41, 5.74) is 1.79. The predicted molar refractivity (Wildman–Crippen MR) is 86.6 cm³/mol. The van der Waals surface area contributed by atoms with Crippen molar-refractivity contribution < 1.29 is 14.3 Å². The van der Waals surface area contributed by atoms with Gasteiger partial charge in [-0.3, -0.25) is 4.79 Å². The van der Waals surface area contributed by atoms with E-state index >= 15 is 0 Å². The molecule has 0 atom stereocenters. The van der Waals surface area contributed by atoms with Crippen LogP contribution in [0, 0.1) is 6.92 Å². The van der Waals surface area contributed by atoms with Crippen LogP contribution in [0.15, 0.2) is 42.5 Å². The lowest BCUT2D eigenvalue weighted by molar-refractivity contribution is -0.119. The smallest absolute Gasteiger partial charge is 0.338 e. The van der Waals surface area contributed by atoms with Gasteiger partial charge in [0.2, 0.25) is 0 Å². The number of rotatable bonds is 4. The van der Waals surface area contributed by atoms with E-state index in [2.05, 4.69) is 5.32 Å². The van der Waals surface area contributed by atoms with Crippen molar-refractivity contribution in [3.05, 3.63) is 63.6 Å². The molecule has 1 amide bonds. The van der Waals surface area contributed by atoms with E-state index in [9.17, 15) is 9.59 Å². The van der Waals surface area contributed by atoms with Gasteiger partial charge in [0.1, 0.15) is 0 Å². The Bertz CT molecular complexity index is 696. The van der Waals surface area contributed by atoms with Gasteiger partial charge in [-0.05, 0) is 36.8 Å². The zero-order valence-electron chi connectivity index (χ0n) is 11.7. The van der Waals surface area contributed by atoms with Gasteiger partial charge in [0, 0.05) is 15.7 Å². The number of carbonyl (C=O) groups excluding carboxylic acids is 2. The summed E-state index contributed by atoms with van der Waals surface area (Å²) in [6.07, 6.45) is 0. The highest BCUT2D eigenvalue weighted by Gasteiger charge is 2.12. The fourth-order valence-electron chi connectivity index (χ4n) is 1.79. The highest BCUT2D eigenvalue weighted by Crippen LogP contribution is 2.19. The van der Waals surface area contributed by atoms with Gasteiger partial charge in [-0.2, -0.15) is 0 Å². The van der Waals surface area contributed by atoms with E-state index in [4.69, 9.17) is 27.9 Å². The average Bonchev–Trinajstić information content (AvgIpc) is 2.46. The molecular weight excluding hydrogens is 325 g/mol. The number of ether oxygens (including phenoxy) is 1. The number of hydrogen-bond acceptors (Lipinski definition) is 3. The monoisotopic (exact) mass is 337 g/mol. The summed E-state index contributed by atoms with van der Waals surface area (Å²) in [6.45, 7) is 1.48. The van der Waals surface area contributed by atoms with Crippen molar-refractivity contribution in [3.8, 4) is 0 Å². The van der Waals surface area contributed by atoms with E-state index in [0.717, 1.165) is 5.56 Å². The summed E-state index contributed by atoms with van der Waals surface area (Å²) in [5, 5.41) is 3.32. The van der Waals surface area contributed by atoms with Crippen LogP contribution in [0.2, 0.25) is 10.0 Å². The number of anilines is 1. The topological polar surface area (TPSA) is 55.4 Å². The summed E-state index contributed by atoms with van der Waals surface area (Å²) >= 11 is 11.6. The van der Waals surface area contributed by atoms with Gasteiger partial charge in [-0.1, -0.05) is 41.4 Å². The fraction of sp³-hybridized carbons (Fsp3) is 0.125. The molecule has 22 heavy (non-hydrogen) atoms. The summed E-state index contributed by atoms with van der Waals surface area (Å²) in [5.74, 6) is -1.08. The highest BCUT2D eigenvalue weighted by atomic mass is 35.5. The Hall–Kier alpha value is -2.04. The lowest BCUT2D eigenvalue weighted by Crippen LogP contribution is -2.21. The minimum Gasteiger partial charge on any atom is -0.452 e. The molecule has 2 aromatic rings. The molecule has 0 fully saturated rings. The van der Waals surface area contributed by atoms with E-state index in [-0.39, 0.29) is 5.56 Å². The number of amides is 1. The van der Waals surface area contributed by atoms with Crippen LogP contribution in [-0.2, 0) is 9.53 Å². The number of carbonyl (C=O) groups is 2. The summed E-state index contributed by atoms with van der Waals surface area (Å²) in [6, 6.07) is 11.7. The van der Waals surface area contributed by atoms with Crippen LogP contribution in [0.3, 0.4) is 0 Å². The van der Waals surface area contributed by atoms with Gasteiger partial charge >= 0.3 is 5.97 Å². The highest BCUT2D eigenvalue weighted by molar-refractivity contribution is 6.35. The molecule has 0 saturated carbocycles. The van der Waals surface area contributed by atoms with Crippen molar-refractivity contribution in [2.45, 2.75) is 6.92 Å². The van der Waals surface area contributed by atoms with E-state index < -0.39 is 18.5 Å². The lowest BCUT2D eigenvalue weighted by atomic mass is 10.2. The first-order chi connectivity index (χ1) is 10.5. The van der Waals surface area contributed by atoms with Crippen molar-refractivity contribution in [2.24, 2.45) is 0 Å². The molecule has 6 heteroatoms. The summed E-state index contributed by atoms with van der Waals surface area (Å²) in [7, 11) is 0. The summed E-state index contributed by atoms with van der Waals surface area (Å²) < 4.78 is 4.94. The molecule has 0 aliphatic heterocycles. The maximum atomic E-state index is 11.9. The van der Waals surface area contributed by atoms with Crippen LogP contribution in [0.1, 0.15) is 15.9 Å². The van der Waals surface area contributed by atoms with Crippen LogP contribution in [0.5, 0.6) is 0 Å². The first-order valence-electron chi connectivity index (χ1n) is 6.44. The zero-order valence-corrected chi connectivity index (χ0v) is 13.2. The quantitative estimate of drug-likeness (QED) is 0.854. The van der Waals surface area contributed by atoms with Crippen molar-refractivity contribution in [2.75, 3.05) is 11.9 Å². The SMILES string of the molecule is Cc1ccccc1NC(=O)COC(=O)c1cc(Cl)cc(Cl)c1. The Morgan fingerprint density at radius 1 is 1.09 bits per heavy atom. The van der Waals surface area contributed by atoms with Crippen LogP contribution >= 0.6 is 23.2 Å². The molecule has 114 valence electrons. The molecule has 0 aliphatic rings. The maximum Gasteiger partial charge on any atom is 0.338 e. The molecule has 0 bridgehead atoms. The minimum atomic E-state index is -0.663. The van der Waals surface area contributed by atoms with Crippen LogP contribution in [0.25, 0.3) is 0 Å². The number of esters is 1. The Morgan fingerprint density at radius 3 is 2.36 bits per heavy atom. The largest absolute Gasteiger partial charge is 0.452 e. The second kappa shape index (κ2) is 7.29. The Labute approximate surface area is 138 Å². The molecule has 0 unspecified atom stereocenters. The van der Waals surface area contributed by atoms with Gasteiger partial charge in [0.05, 0.1) is 5.56 Å². The van der Waals surface area contributed by atoms with E-state index in [0.29, 0.717) is 15.7 Å². The molecule has 0 spiro atoms. The fourth-order valence-corrected chi connectivity index (χ4v) is 2.31. The van der Waals surface area contributed by atoms with Crippen molar-refractivity contribution in [3.63, 3.8) is 0 Å². The number of para-hydroxylation sites is 1. The lowest BCUT2D eigenvalue weighted by Gasteiger charge is -2.09. The van der Waals surface area contributed by atoms with Crippen LogP contribution < -0.4 is 5.32 Å². The van der Waals surface area contributed by atoms with E-state index in [1.165, 1.54) is 18.2 Å². The third kappa shape index (κ3) is 4.48. The second-order valence-corrected chi connectivity index (χ2v) is 5.47. The number of nitrogens with one attached hydrogen (secondary N) is 1. The molecule has 0 aromatic heterocycles. The van der Waals surface area contributed by atoms with Gasteiger partial charge in [-0.25, -0.2) is 4.79 Å². The Kier molecular flexibility index (Phi) is 5.41. The molecular formula is C16H13Cl2NO3. The van der Waals surface area contributed by atoms with E-state index in [1.807, 2.05) is 25.1 Å².